The first-order valence-electron chi connectivity index (χ1n) is 11.4. The van der Waals surface area contributed by atoms with E-state index in [1.807, 2.05) is 12.1 Å². The molecule has 0 saturated carbocycles. The van der Waals surface area contributed by atoms with Crippen molar-refractivity contribution >= 4 is 19.4 Å². The molecule has 0 bridgehead atoms. The summed E-state index contributed by atoms with van der Waals surface area (Å²) in [5.41, 5.74) is 3.86. The number of aliphatic hydroxyl groups excluding tert-OH is 1. The summed E-state index contributed by atoms with van der Waals surface area (Å²) in [4.78, 5) is 46.0. The molecule has 3 N–H and O–H groups in total. The van der Waals surface area contributed by atoms with E-state index in [-0.39, 0.29) is 43.8 Å². The minimum atomic E-state index is -4.60. The van der Waals surface area contributed by atoms with Crippen molar-refractivity contribution in [1.29, 1.82) is 0 Å². The van der Waals surface area contributed by atoms with Gasteiger partial charge in [0.05, 0.1) is 25.3 Å². The van der Waals surface area contributed by atoms with Gasteiger partial charge in [0.15, 0.2) is 0 Å². The van der Waals surface area contributed by atoms with Crippen LogP contribution in [0.1, 0.15) is 69.9 Å². The molecule has 2 aliphatic rings. The van der Waals surface area contributed by atoms with Gasteiger partial charge in [0, 0.05) is 29.8 Å². The number of hydrogen-bond donors (Lipinski definition) is 3. The number of ketones is 2. The monoisotopic (exact) mass is 491 g/mol. The first-order chi connectivity index (χ1) is 15.9. The van der Waals surface area contributed by atoms with Crippen molar-refractivity contribution in [2.45, 2.75) is 52.0 Å². The smallest absolute Gasteiger partial charge is 0.459 e. The number of fused-ring (bicyclic) bond motifs is 5. The zero-order valence-corrected chi connectivity index (χ0v) is 20.5. The highest BCUT2D eigenvalue weighted by molar-refractivity contribution is 7.46. The summed E-state index contributed by atoms with van der Waals surface area (Å²) in [5.74, 6) is -0.240. The van der Waals surface area contributed by atoms with E-state index in [0.717, 1.165) is 30.4 Å². The van der Waals surface area contributed by atoms with Crippen molar-refractivity contribution < 1.29 is 38.0 Å². The average molecular weight is 491 g/mol. The molecule has 1 heterocycles. The third-order valence-corrected chi connectivity index (χ3v) is 7.39. The minimum absolute atomic E-state index is 0.0730. The lowest BCUT2D eigenvalue weighted by molar-refractivity contribution is 0.0813. The second-order valence-corrected chi connectivity index (χ2v) is 10.8. The number of phosphoric acid groups is 1. The van der Waals surface area contributed by atoms with Crippen molar-refractivity contribution in [3.05, 3.63) is 45.7 Å². The fraction of sp³-hybridized carbons (Fsp3) is 0.500. The van der Waals surface area contributed by atoms with E-state index >= 15 is 0 Å². The Morgan fingerprint density at radius 3 is 2.53 bits per heavy atom. The number of phosphoric ester groups is 1. The summed E-state index contributed by atoms with van der Waals surface area (Å²) < 4.78 is 21.6. The second-order valence-electron chi connectivity index (χ2n) is 9.59. The normalized spacial score (nSPS) is 17.0. The average Bonchev–Trinajstić information content (AvgIpc) is 3.06. The predicted molar refractivity (Wildman–Crippen MR) is 124 cm³/mol. The summed E-state index contributed by atoms with van der Waals surface area (Å²) in [6.45, 7) is 6.11. The zero-order chi connectivity index (χ0) is 24.8. The zero-order valence-electron chi connectivity index (χ0n) is 19.6. The highest BCUT2D eigenvalue weighted by Crippen LogP contribution is 2.45. The highest BCUT2D eigenvalue weighted by Gasteiger charge is 2.40. The minimum Gasteiger partial charge on any atom is -0.459 e. The Morgan fingerprint density at radius 1 is 1.15 bits per heavy atom. The lowest BCUT2D eigenvalue weighted by Gasteiger charge is -2.34. The molecule has 1 aromatic carbocycles. The van der Waals surface area contributed by atoms with Gasteiger partial charge in [-0.2, -0.15) is 0 Å². The number of carbonyl (C=O) groups is 2. The first kappa shape index (κ1) is 25.0. The molecule has 0 unspecified atom stereocenters. The SMILES string of the molecule is Cc1c(CN(CCO)CCOP(=O)(O)O)oc2c1C(=O)C(=O)c1c-2ccc2c1CCCC2(C)C. The van der Waals surface area contributed by atoms with Crippen LogP contribution in [0, 0.1) is 6.92 Å². The Labute approximate surface area is 198 Å². The van der Waals surface area contributed by atoms with Crippen molar-refractivity contribution in [3.8, 4) is 11.3 Å². The maximum absolute atomic E-state index is 13.3. The first-order valence-corrected chi connectivity index (χ1v) is 12.9. The fourth-order valence-electron chi connectivity index (χ4n) is 5.14. The van der Waals surface area contributed by atoms with E-state index in [2.05, 4.69) is 18.4 Å². The van der Waals surface area contributed by atoms with Gasteiger partial charge in [0.25, 0.3) is 0 Å². The number of Topliss-reactive ketones (excluding diaryl/α,β-unsaturated/α-hetero) is 2. The molecule has 0 fully saturated rings. The highest BCUT2D eigenvalue weighted by atomic mass is 31.2. The van der Waals surface area contributed by atoms with Crippen molar-refractivity contribution in [1.82, 2.24) is 4.90 Å². The third kappa shape index (κ3) is 4.56. The van der Waals surface area contributed by atoms with Crippen molar-refractivity contribution in [2.75, 3.05) is 26.3 Å². The molecule has 0 aliphatic heterocycles. The molecule has 0 radical (unpaired) electrons. The third-order valence-electron chi connectivity index (χ3n) is 6.87. The van der Waals surface area contributed by atoms with Crippen LogP contribution < -0.4 is 0 Å². The number of aliphatic hydroxyl groups is 1. The summed E-state index contributed by atoms with van der Waals surface area (Å²) in [5, 5.41) is 9.40. The molecule has 0 atom stereocenters. The number of nitrogens with zero attached hydrogens (tertiary/aromatic N) is 1. The quantitative estimate of drug-likeness (QED) is 0.376. The van der Waals surface area contributed by atoms with Crippen LogP contribution in [0.15, 0.2) is 16.5 Å². The number of carbonyl (C=O) groups excluding carboxylic acids is 2. The van der Waals surface area contributed by atoms with Gasteiger partial charge in [-0.05, 0) is 42.7 Å². The van der Waals surface area contributed by atoms with Crippen LogP contribution in [-0.2, 0) is 27.5 Å². The van der Waals surface area contributed by atoms with Crippen molar-refractivity contribution in [3.63, 3.8) is 0 Å². The summed E-state index contributed by atoms with van der Waals surface area (Å²) in [6.07, 6.45) is 2.70. The summed E-state index contributed by atoms with van der Waals surface area (Å²) in [7, 11) is -4.60. The molecule has 184 valence electrons. The molecule has 0 saturated heterocycles. The van der Waals surface area contributed by atoms with Crippen LogP contribution in [0.4, 0.5) is 0 Å². The maximum atomic E-state index is 13.3. The van der Waals surface area contributed by atoms with Crippen LogP contribution in [0.25, 0.3) is 11.3 Å². The molecule has 10 heteroatoms. The van der Waals surface area contributed by atoms with Crippen LogP contribution in [-0.4, -0.2) is 57.7 Å². The molecular formula is C24H30NO8P. The van der Waals surface area contributed by atoms with E-state index in [9.17, 15) is 19.3 Å². The van der Waals surface area contributed by atoms with Gasteiger partial charge in [-0.15, -0.1) is 0 Å². The molecule has 34 heavy (non-hydrogen) atoms. The standard InChI is InChI=1S/C24H30NO8P/c1-14-18(13-25(9-11-26)10-12-32-34(29,30)31)33-23-16-6-7-17-15(5-4-8-24(17,2)3)20(16)22(28)21(27)19(14)23/h6-7,26H,4-5,8-13H2,1-3H3,(H2,29,30,31). The topological polar surface area (TPSA) is 138 Å². The molecule has 0 amide bonds. The number of benzene rings is 1. The summed E-state index contributed by atoms with van der Waals surface area (Å²) >= 11 is 0. The molecule has 4 rings (SSSR count). The molecule has 2 aromatic rings. The van der Waals surface area contributed by atoms with E-state index in [0.29, 0.717) is 28.2 Å². The summed E-state index contributed by atoms with van der Waals surface area (Å²) in [6, 6.07) is 3.91. The van der Waals surface area contributed by atoms with Gasteiger partial charge in [-0.3, -0.25) is 19.0 Å². The molecule has 1 aromatic heterocycles. The van der Waals surface area contributed by atoms with Crippen LogP contribution in [0.3, 0.4) is 0 Å². The molecule has 2 aliphatic carbocycles. The van der Waals surface area contributed by atoms with Gasteiger partial charge < -0.3 is 19.3 Å². The van der Waals surface area contributed by atoms with Gasteiger partial charge in [-0.25, -0.2) is 4.57 Å². The Bertz CT molecular complexity index is 1190. The van der Waals surface area contributed by atoms with E-state index in [4.69, 9.17) is 14.2 Å². The lowest BCUT2D eigenvalue weighted by Crippen LogP contribution is -2.30. The second kappa shape index (κ2) is 9.15. The Kier molecular flexibility index (Phi) is 6.72. The maximum Gasteiger partial charge on any atom is 0.469 e. The van der Waals surface area contributed by atoms with Gasteiger partial charge >= 0.3 is 7.82 Å². The molecular weight excluding hydrogens is 461 g/mol. The molecule has 0 spiro atoms. The fourth-order valence-corrected chi connectivity index (χ4v) is 5.46. The van der Waals surface area contributed by atoms with Gasteiger partial charge in [0.2, 0.25) is 11.6 Å². The van der Waals surface area contributed by atoms with E-state index in [1.54, 1.807) is 11.8 Å². The van der Waals surface area contributed by atoms with Crippen molar-refractivity contribution in [2.24, 2.45) is 0 Å². The predicted octanol–water partition coefficient (Wildman–Crippen LogP) is 3.15. The van der Waals surface area contributed by atoms with E-state index in [1.165, 1.54) is 0 Å². The van der Waals surface area contributed by atoms with Crippen LogP contribution in [0.5, 0.6) is 0 Å². The Hall–Kier alpha value is -2.13. The van der Waals surface area contributed by atoms with Gasteiger partial charge in [0.1, 0.15) is 11.5 Å². The van der Waals surface area contributed by atoms with Crippen LogP contribution >= 0.6 is 7.82 Å². The Morgan fingerprint density at radius 2 is 1.85 bits per heavy atom. The largest absolute Gasteiger partial charge is 0.469 e. The van der Waals surface area contributed by atoms with E-state index < -0.39 is 19.4 Å². The van der Waals surface area contributed by atoms with Crippen LogP contribution in [0.2, 0.25) is 0 Å². The lowest BCUT2D eigenvalue weighted by atomic mass is 9.69. The number of furan rings is 1. The van der Waals surface area contributed by atoms with Gasteiger partial charge in [-0.1, -0.05) is 26.0 Å². The number of rotatable bonds is 8. The Balaban J connectivity index is 1.71. The molecule has 9 nitrogen and oxygen atoms in total. The number of hydrogen-bond acceptors (Lipinski definition) is 7.